The molecule has 0 aliphatic heterocycles. The van der Waals surface area contributed by atoms with Gasteiger partial charge in [0.25, 0.3) is 5.91 Å². The van der Waals surface area contributed by atoms with Crippen molar-refractivity contribution in [1.82, 2.24) is 5.32 Å². The van der Waals surface area contributed by atoms with Crippen LogP contribution < -0.4 is 5.32 Å². The smallest absolute Gasteiger partial charge is 0.252 e. The second kappa shape index (κ2) is 7.62. The molecule has 1 saturated carbocycles. The maximum atomic E-state index is 12.9. The van der Waals surface area contributed by atoms with Crippen LogP contribution in [0.4, 0.5) is 4.39 Å². The Hall–Kier alpha value is -1.46. The van der Waals surface area contributed by atoms with E-state index in [1.165, 1.54) is 24.3 Å². The summed E-state index contributed by atoms with van der Waals surface area (Å²) >= 11 is 0. The highest BCUT2D eigenvalue weighted by Crippen LogP contribution is 2.41. The number of carbonyl (C=O) groups excluding carboxylic acids is 1. The first-order valence-corrected chi connectivity index (χ1v) is 8.68. The van der Waals surface area contributed by atoms with Gasteiger partial charge in [0.15, 0.2) is 0 Å². The van der Waals surface area contributed by atoms with E-state index >= 15 is 0 Å². The zero-order valence-electron chi connectivity index (χ0n) is 14.6. The van der Waals surface area contributed by atoms with Crippen LogP contribution in [0.3, 0.4) is 0 Å². The first kappa shape index (κ1) is 18.9. The van der Waals surface area contributed by atoms with Crippen LogP contribution in [-0.4, -0.2) is 28.3 Å². The number of aliphatic hydroxyl groups is 2. The molecular weight excluding hydrogens is 309 g/mol. The molecule has 0 saturated heterocycles. The van der Waals surface area contributed by atoms with Crippen molar-refractivity contribution in [2.24, 2.45) is 17.8 Å². The van der Waals surface area contributed by atoms with E-state index in [4.69, 9.17) is 0 Å². The van der Waals surface area contributed by atoms with E-state index < -0.39 is 17.6 Å². The normalized spacial score (nSPS) is 28.6. The van der Waals surface area contributed by atoms with E-state index in [0.717, 1.165) is 12.8 Å². The van der Waals surface area contributed by atoms with Crippen LogP contribution in [0.15, 0.2) is 24.3 Å². The van der Waals surface area contributed by atoms with Crippen molar-refractivity contribution >= 4 is 5.91 Å². The Morgan fingerprint density at radius 1 is 1.33 bits per heavy atom. The molecule has 0 spiro atoms. The minimum atomic E-state index is -1.39. The van der Waals surface area contributed by atoms with Crippen molar-refractivity contribution in [1.29, 1.82) is 0 Å². The van der Waals surface area contributed by atoms with Gasteiger partial charge in [-0.05, 0) is 48.3 Å². The second-order valence-corrected chi connectivity index (χ2v) is 7.44. The molecule has 3 unspecified atom stereocenters. The average molecular weight is 337 g/mol. The van der Waals surface area contributed by atoms with Crippen molar-refractivity contribution < 1.29 is 19.4 Å². The second-order valence-electron chi connectivity index (χ2n) is 7.44. The number of carbonyl (C=O) groups is 1. The maximum absolute atomic E-state index is 12.9. The Kier molecular flexibility index (Phi) is 5.99. The summed E-state index contributed by atoms with van der Waals surface area (Å²) in [7, 11) is 0. The number of nitrogens with one attached hydrogen (secondary N) is 1. The van der Waals surface area contributed by atoms with E-state index in [1.807, 2.05) is 20.8 Å². The summed E-state index contributed by atoms with van der Waals surface area (Å²) in [4.78, 5) is 12.6. The van der Waals surface area contributed by atoms with Crippen LogP contribution in [-0.2, 0) is 4.79 Å². The third-order valence-corrected chi connectivity index (χ3v) is 5.15. The molecule has 0 aromatic heterocycles. The van der Waals surface area contributed by atoms with E-state index in [0.29, 0.717) is 12.0 Å². The van der Waals surface area contributed by atoms with Gasteiger partial charge in [-0.25, -0.2) is 4.39 Å². The highest BCUT2D eigenvalue weighted by molar-refractivity contribution is 5.85. The summed E-state index contributed by atoms with van der Waals surface area (Å²) in [5, 5.41) is 23.8. The maximum Gasteiger partial charge on any atom is 0.252 e. The van der Waals surface area contributed by atoms with Crippen molar-refractivity contribution in [3.63, 3.8) is 0 Å². The predicted octanol–water partition coefficient (Wildman–Crippen LogP) is 2.80. The molecule has 1 aliphatic carbocycles. The number of aliphatic hydroxyl groups excluding tert-OH is 1. The molecule has 0 heterocycles. The van der Waals surface area contributed by atoms with Crippen LogP contribution in [0.5, 0.6) is 0 Å². The van der Waals surface area contributed by atoms with Gasteiger partial charge in [0.05, 0.1) is 6.10 Å². The fourth-order valence-corrected chi connectivity index (χ4v) is 3.78. The minimum absolute atomic E-state index is 0.00796. The predicted molar refractivity (Wildman–Crippen MR) is 90.7 cm³/mol. The van der Waals surface area contributed by atoms with Gasteiger partial charge in [-0.1, -0.05) is 39.3 Å². The topological polar surface area (TPSA) is 69.6 Å². The highest BCUT2D eigenvalue weighted by Gasteiger charge is 2.48. The fraction of sp³-hybridized carbons (Fsp3) is 0.632. The molecule has 1 aromatic carbocycles. The van der Waals surface area contributed by atoms with Gasteiger partial charge < -0.3 is 15.5 Å². The molecule has 1 aromatic rings. The minimum Gasteiger partial charge on any atom is -0.387 e. The van der Waals surface area contributed by atoms with E-state index in [9.17, 15) is 19.4 Å². The summed E-state index contributed by atoms with van der Waals surface area (Å²) < 4.78 is 12.9. The van der Waals surface area contributed by atoms with Crippen molar-refractivity contribution in [3.8, 4) is 0 Å². The monoisotopic (exact) mass is 337 g/mol. The summed E-state index contributed by atoms with van der Waals surface area (Å²) in [5.41, 5.74) is -0.866. The lowest BCUT2D eigenvalue weighted by Crippen LogP contribution is -2.56. The molecule has 4 atom stereocenters. The van der Waals surface area contributed by atoms with Gasteiger partial charge in [-0.2, -0.15) is 0 Å². The summed E-state index contributed by atoms with van der Waals surface area (Å²) in [6.45, 7) is 6.08. The summed E-state index contributed by atoms with van der Waals surface area (Å²) in [5.74, 6) is -0.390. The van der Waals surface area contributed by atoms with Gasteiger partial charge >= 0.3 is 0 Å². The molecule has 1 amide bonds. The molecule has 0 bridgehead atoms. The van der Waals surface area contributed by atoms with Crippen molar-refractivity contribution in [2.75, 3.05) is 6.54 Å². The summed E-state index contributed by atoms with van der Waals surface area (Å²) in [6.07, 6.45) is 1.34. The molecule has 134 valence electrons. The Morgan fingerprint density at radius 3 is 2.54 bits per heavy atom. The molecule has 1 fully saturated rings. The lowest BCUT2D eigenvalue weighted by Gasteiger charge is -2.43. The highest BCUT2D eigenvalue weighted by atomic mass is 19.1. The van der Waals surface area contributed by atoms with Gasteiger partial charge in [-0.15, -0.1) is 0 Å². The number of halogens is 1. The van der Waals surface area contributed by atoms with Gasteiger partial charge in [-0.3, -0.25) is 4.79 Å². The van der Waals surface area contributed by atoms with Crippen LogP contribution in [0, 0.1) is 23.6 Å². The number of rotatable bonds is 5. The Balaban J connectivity index is 2.02. The molecule has 3 N–H and O–H groups in total. The number of hydrogen-bond acceptors (Lipinski definition) is 3. The van der Waals surface area contributed by atoms with E-state index in [2.05, 4.69) is 5.32 Å². The molecule has 4 nitrogen and oxygen atoms in total. The Labute approximate surface area is 143 Å². The third kappa shape index (κ3) is 4.14. The van der Waals surface area contributed by atoms with Crippen LogP contribution in [0.25, 0.3) is 0 Å². The first-order valence-electron chi connectivity index (χ1n) is 8.68. The van der Waals surface area contributed by atoms with Gasteiger partial charge in [0.1, 0.15) is 11.4 Å². The van der Waals surface area contributed by atoms with Crippen LogP contribution >= 0.6 is 0 Å². The van der Waals surface area contributed by atoms with Crippen LogP contribution in [0.1, 0.15) is 51.7 Å². The summed E-state index contributed by atoms with van der Waals surface area (Å²) in [6, 6.07) is 5.51. The largest absolute Gasteiger partial charge is 0.387 e. The zero-order chi connectivity index (χ0) is 17.9. The van der Waals surface area contributed by atoms with Crippen LogP contribution in [0.2, 0.25) is 0 Å². The Bertz CT molecular complexity index is 560. The third-order valence-electron chi connectivity index (χ3n) is 5.15. The SMILES string of the molecule is CC1CCC(C(C)C)[C@@](O)(C(=O)NCC(O)c2ccc(F)cc2)C1. The molecule has 0 radical (unpaired) electrons. The molecule has 5 heteroatoms. The van der Waals surface area contributed by atoms with Gasteiger partial charge in [0.2, 0.25) is 0 Å². The number of hydrogen-bond donors (Lipinski definition) is 3. The number of amides is 1. The molecular formula is C19H28FNO3. The van der Waals surface area contributed by atoms with Crippen molar-refractivity contribution in [2.45, 2.75) is 51.7 Å². The Morgan fingerprint density at radius 2 is 1.96 bits per heavy atom. The zero-order valence-corrected chi connectivity index (χ0v) is 14.6. The standard InChI is InChI=1S/C19H28FNO3/c1-12(2)16-9-4-13(3)10-19(16,24)18(23)21-11-17(22)14-5-7-15(20)8-6-14/h5-8,12-13,16-17,22,24H,4,9-11H2,1-3H3,(H,21,23)/t13?,16?,17?,19-/m1/s1. The van der Waals surface area contributed by atoms with Crippen molar-refractivity contribution in [3.05, 3.63) is 35.6 Å². The lowest BCUT2D eigenvalue weighted by molar-refractivity contribution is -0.156. The number of benzene rings is 1. The fourth-order valence-electron chi connectivity index (χ4n) is 3.78. The molecule has 24 heavy (non-hydrogen) atoms. The average Bonchev–Trinajstić information content (AvgIpc) is 2.52. The first-order chi connectivity index (χ1) is 11.2. The quantitative estimate of drug-likeness (QED) is 0.774. The van der Waals surface area contributed by atoms with E-state index in [-0.39, 0.29) is 30.1 Å². The van der Waals surface area contributed by atoms with Gasteiger partial charge in [0, 0.05) is 6.54 Å². The molecule has 1 aliphatic rings. The lowest BCUT2D eigenvalue weighted by atomic mass is 9.66. The van der Waals surface area contributed by atoms with E-state index in [1.54, 1.807) is 0 Å². The molecule has 2 rings (SSSR count).